The van der Waals surface area contributed by atoms with Crippen molar-refractivity contribution in [1.82, 2.24) is 14.9 Å². The second-order valence-corrected chi connectivity index (χ2v) is 11.0. The third kappa shape index (κ3) is 3.96. The molecule has 1 aromatic carbocycles. The van der Waals surface area contributed by atoms with E-state index in [0.29, 0.717) is 0 Å². The molecule has 1 aliphatic rings. The Bertz CT molecular complexity index is 1340. The number of aryl methyl sites for hydroxylation is 2. The van der Waals surface area contributed by atoms with Crippen LogP contribution in [0.3, 0.4) is 0 Å². The van der Waals surface area contributed by atoms with Gasteiger partial charge in [-0.3, -0.25) is 14.4 Å². The number of nitrogens with one attached hydrogen (secondary N) is 2. The molecule has 3 N–H and O–H groups in total. The highest BCUT2D eigenvalue weighted by atomic mass is 32.1. The lowest BCUT2D eigenvalue weighted by atomic mass is 9.74. The molecule has 0 spiro atoms. The van der Waals surface area contributed by atoms with Crippen LogP contribution in [0, 0.1) is 12.3 Å². The first-order valence-electron chi connectivity index (χ1n) is 11.2. The number of thiazole rings is 1. The van der Waals surface area contributed by atoms with E-state index >= 15 is 0 Å². The Balaban J connectivity index is 1.66. The number of aromatic hydroxyl groups is 1. The van der Waals surface area contributed by atoms with Gasteiger partial charge in [0.1, 0.15) is 11.4 Å². The van der Waals surface area contributed by atoms with E-state index in [1.807, 2.05) is 20.8 Å². The number of hydrogen-bond acceptors (Lipinski definition) is 9. The van der Waals surface area contributed by atoms with Gasteiger partial charge in [0.05, 0.1) is 22.4 Å². The summed E-state index contributed by atoms with van der Waals surface area (Å²) in [5.41, 5.74) is -0.388. The van der Waals surface area contributed by atoms with Gasteiger partial charge in [0.15, 0.2) is 11.4 Å². The van der Waals surface area contributed by atoms with Gasteiger partial charge in [0.25, 0.3) is 16.8 Å². The summed E-state index contributed by atoms with van der Waals surface area (Å²) in [7, 11) is 1.62. The average Bonchev–Trinajstić information content (AvgIpc) is 3.17. The van der Waals surface area contributed by atoms with Crippen LogP contribution in [0.1, 0.15) is 66.2 Å². The molecule has 2 aromatic heterocycles. The van der Waals surface area contributed by atoms with E-state index in [1.54, 1.807) is 18.4 Å². The van der Waals surface area contributed by atoms with Crippen LogP contribution in [-0.4, -0.2) is 39.0 Å². The van der Waals surface area contributed by atoms with Crippen molar-refractivity contribution < 1.29 is 9.90 Å². The Kier molecular flexibility index (Phi) is 5.97. The average molecular weight is 484 g/mol. The number of anilines is 3. The van der Waals surface area contributed by atoms with Crippen molar-refractivity contribution in [2.24, 2.45) is 5.41 Å². The molecule has 9 nitrogen and oxygen atoms in total. The van der Waals surface area contributed by atoms with Crippen LogP contribution in [0.4, 0.5) is 17.1 Å². The molecule has 0 radical (unpaired) electrons. The van der Waals surface area contributed by atoms with Crippen LogP contribution >= 0.6 is 11.3 Å². The number of fused-ring (bicyclic) bond motifs is 1. The second kappa shape index (κ2) is 8.50. The first kappa shape index (κ1) is 23.9. The topological polar surface area (TPSA) is 125 Å². The molecule has 0 saturated heterocycles. The highest BCUT2D eigenvalue weighted by Crippen LogP contribution is 2.47. The molecular weight excluding hydrogens is 454 g/mol. The zero-order valence-electron chi connectivity index (χ0n) is 20.1. The van der Waals surface area contributed by atoms with E-state index in [9.17, 15) is 19.5 Å². The molecule has 3 aromatic rings. The molecule has 1 amide bonds. The van der Waals surface area contributed by atoms with Crippen molar-refractivity contribution in [3.63, 3.8) is 0 Å². The smallest absolute Gasteiger partial charge is 0.276 e. The van der Waals surface area contributed by atoms with Crippen molar-refractivity contribution >= 4 is 34.3 Å². The maximum absolute atomic E-state index is 12.7. The summed E-state index contributed by atoms with van der Waals surface area (Å²) in [5.74, 6) is -0.829. The predicted molar refractivity (Wildman–Crippen MR) is 133 cm³/mol. The summed E-state index contributed by atoms with van der Waals surface area (Å²) in [6.07, 6.45) is 3.21. The van der Waals surface area contributed by atoms with Gasteiger partial charge in [0, 0.05) is 24.2 Å². The van der Waals surface area contributed by atoms with E-state index in [2.05, 4.69) is 29.5 Å². The van der Waals surface area contributed by atoms with Gasteiger partial charge in [0.2, 0.25) is 0 Å². The minimum Gasteiger partial charge on any atom is -0.504 e. The summed E-state index contributed by atoms with van der Waals surface area (Å²) in [5, 5.41) is 17.8. The third-order valence-corrected chi connectivity index (χ3v) is 7.61. The Labute approximate surface area is 201 Å². The van der Waals surface area contributed by atoms with E-state index < -0.39 is 16.8 Å². The highest BCUT2D eigenvalue weighted by molar-refractivity contribution is 7.11. The predicted octanol–water partition coefficient (Wildman–Crippen LogP) is 3.50. The van der Waals surface area contributed by atoms with E-state index in [0.717, 1.165) is 23.5 Å². The lowest BCUT2D eigenvalue weighted by Crippen LogP contribution is -2.41. The van der Waals surface area contributed by atoms with Crippen molar-refractivity contribution in [1.29, 1.82) is 0 Å². The normalized spacial score (nSPS) is 17.0. The summed E-state index contributed by atoms with van der Waals surface area (Å²) in [6, 6.07) is 1.12. The molecule has 4 rings (SSSR count). The van der Waals surface area contributed by atoms with Gasteiger partial charge in [-0.2, -0.15) is 0 Å². The Morgan fingerprint density at radius 1 is 1.26 bits per heavy atom. The number of rotatable bonds is 6. The molecule has 2 heterocycles. The first-order chi connectivity index (χ1) is 15.9. The molecule has 0 aliphatic heterocycles. The fraction of sp³-hybridized carbons (Fsp3) is 0.458. The maximum Gasteiger partial charge on any atom is 0.276 e. The SMILES string of the molecule is Cc1nc2c(s1)CCC(C)(C)C2Nc1c(Nc2ccnc(C(=O)N(C)C(C)C)c2O)c(=O)c1=O. The summed E-state index contributed by atoms with van der Waals surface area (Å²) in [4.78, 5) is 49.0. The number of amides is 1. The van der Waals surface area contributed by atoms with E-state index in [-0.39, 0.29) is 46.0 Å². The van der Waals surface area contributed by atoms with Crippen molar-refractivity contribution in [2.75, 3.05) is 17.7 Å². The van der Waals surface area contributed by atoms with E-state index in [4.69, 9.17) is 4.98 Å². The van der Waals surface area contributed by atoms with Gasteiger partial charge >= 0.3 is 0 Å². The highest BCUT2D eigenvalue weighted by Gasteiger charge is 2.40. The van der Waals surface area contributed by atoms with Crippen LogP contribution < -0.4 is 21.5 Å². The second-order valence-electron chi connectivity index (χ2n) is 9.71. The Morgan fingerprint density at radius 2 is 1.94 bits per heavy atom. The summed E-state index contributed by atoms with van der Waals surface area (Å²) < 4.78 is 0. The third-order valence-electron chi connectivity index (χ3n) is 6.57. The quantitative estimate of drug-likeness (QED) is 0.455. The Hall–Kier alpha value is -3.27. The van der Waals surface area contributed by atoms with Crippen LogP contribution in [0.5, 0.6) is 5.75 Å². The van der Waals surface area contributed by atoms with Crippen LogP contribution in [0.15, 0.2) is 21.9 Å². The lowest BCUT2D eigenvalue weighted by Gasteiger charge is -2.39. The van der Waals surface area contributed by atoms with Crippen molar-refractivity contribution in [2.45, 2.75) is 59.5 Å². The van der Waals surface area contributed by atoms with Gasteiger partial charge in [-0.15, -0.1) is 11.3 Å². The van der Waals surface area contributed by atoms with Crippen molar-refractivity contribution in [3.05, 3.63) is 54.0 Å². The molecule has 180 valence electrons. The number of carbonyl (C=O) groups excluding carboxylic acids is 1. The van der Waals surface area contributed by atoms with Crippen LogP contribution in [0.2, 0.25) is 0 Å². The molecule has 0 saturated carbocycles. The molecule has 10 heteroatoms. The number of aromatic nitrogens is 2. The monoisotopic (exact) mass is 483 g/mol. The summed E-state index contributed by atoms with van der Waals surface area (Å²) >= 11 is 1.65. The largest absolute Gasteiger partial charge is 0.504 e. The molecule has 0 fully saturated rings. The van der Waals surface area contributed by atoms with Gasteiger partial charge in [-0.05, 0) is 45.1 Å². The number of carbonyl (C=O) groups is 1. The Morgan fingerprint density at radius 3 is 2.62 bits per heavy atom. The molecular formula is C24H29N5O4S. The fourth-order valence-electron chi connectivity index (χ4n) is 4.14. The van der Waals surface area contributed by atoms with Crippen molar-refractivity contribution in [3.8, 4) is 5.75 Å². The van der Waals surface area contributed by atoms with Gasteiger partial charge in [-0.1, -0.05) is 13.8 Å². The minimum absolute atomic E-state index is 0.0528. The summed E-state index contributed by atoms with van der Waals surface area (Å²) in [6.45, 7) is 9.87. The first-order valence-corrected chi connectivity index (χ1v) is 12.0. The molecule has 34 heavy (non-hydrogen) atoms. The number of nitrogens with zero attached hydrogens (tertiary/aromatic N) is 3. The molecule has 1 unspecified atom stereocenters. The van der Waals surface area contributed by atoms with Gasteiger partial charge in [-0.25, -0.2) is 9.97 Å². The number of hydrogen-bond donors (Lipinski definition) is 3. The zero-order valence-corrected chi connectivity index (χ0v) is 21.0. The molecule has 1 aliphatic carbocycles. The molecule has 0 bridgehead atoms. The number of pyridine rings is 1. The maximum atomic E-state index is 12.7. The fourth-order valence-corrected chi connectivity index (χ4v) is 5.12. The standard InChI is InChI=1S/C24H29N5O4S/c1-11(2)29(6)23(33)18-19(30)13(8-10-25-18)27-16-17(21(32)20(16)31)28-22-15-14(34-12(3)26-15)7-9-24(22,4)5/h8,10-11,22,28,30H,7,9H2,1-6H3,(H,25,27). The molecule has 1 atom stereocenters. The zero-order chi connectivity index (χ0) is 24.9. The minimum atomic E-state index is -0.686. The van der Waals surface area contributed by atoms with Gasteiger partial charge < -0.3 is 20.6 Å². The van der Waals surface area contributed by atoms with Crippen LogP contribution in [0.25, 0.3) is 0 Å². The lowest BCUT2D eigenvalue weighted by molar-refractivity contribution is 0.0746. The van der Waals surface area contributed by atoms with Crippen LogP contribution in [-0.2, 0) is 6.42 Å². The van der Waals surface area contributed by atoms with E-state index in [1.165, 1.54) is 22.0 Å².